The summed E-state index contributed by atoms with van der Waals surface area (Å²) >= 11 is 3.50. The van der Waals surface area contributed by atoms with E-state index in [1.54, 1.807) is 6.08 Å². The van der Waals surface area contributed by atoms with Gasteiger partial charge in [-0.25, -0.2) is 9.59 Å². The van der Waals surface area contributed by atoms with Crippen molar-refractivity contribution >= 4 is 39.6 Å². The van der Waals surface area contributed by atoms with Crippen LogP contribution in [0.4, 0.5) is 5.69 Å². The van der Waals surface area contributed by atoms with E-state index in [9.17, 15) is 9.59 Å². The molecule has 0 spiro atoms. The summed E-state index contributed by atoms with van der Waals surface area (Å²) in [7, 11) is 2.09. The van der Waals surface area contributed by atoms with E-state index >= 15 is 0 Å². The number of esters is 2. The number of likely N-dealkylation sites (N-methyl/N-ethyl adjacent to an activating group) is 1. The molecule has 0 saturated carbocycles. The summed E-state index contributed by atoms with van der Waals surface area (Å²) in [5, 5.41) is 0. The lowest BCUT2D eigenvalue weighted by atomic mass is 10.1. The number of ether oxygens (including phenoxy) is 2. The molecule has 0 amide bonds. The molecule has 0 unspecified atom stereocenters. The molecule has 0 radical (unpaired) electrons. The molecule has 0 atom stereocenters. The Morgan fingerprint density at radius 2 is 1.68 bits per heavy atom. The molecule has 0 aliphatic carbocycles. The molecule has 2 fully saturated rings. The standard InChI is InChI=1S/C18H21BrN2O4/c1-18(2)24-16(22)14(17(23)25-18)10-12-4-5-13(19)11-15(12)21-8-6-20(3)7-9-21/h4-5,10-11H,6-9H2,1-3H3. The van der Waals surface area contributed by atoms with E-state index in [4.69, 9.17) is 9.47 Å². The topological polar surface area (TPSA) is 59.1 Å². The Bertz CT molecular complexity index is 715. The highest BCUT2D eigenvalue weighted by Crippen LogP contribution is 2.30. The monoisotopic (exact) mass is 408 g/mol. The minimum absolute atomic E-state index is 0.0861. The number of nitrogens with zero attached hydrogens (tertiary/aromatic N) is 2. The molecule has 2 saturated heterocycles. The van der Waals surface area contributed by atoms with Gasteiger partial charge in [0.1, 0.15) is 5.57 Å². The first-order valence-electron chi connectivity index (χ1n) is 8.16. The predicted octanol–water partition coefficient (Wildman–Crippen LogP) is 2.42. The Morgan fingerprint density at radius 3 is 2.28 bits per heavy atom. The summed E-state index contributed by atoms with van der Waals surface area (Å²) in [5.74, 6) is -2.55. The van der Waals surface area contributed by atoms with Crippen molar-refractivity contribution in [3.63, 3.8) is 0 Å². The van der Waals surface area contributed by atoms with E-state index in [0.717, 1.165) is 41.9 Å². The van der Waals surface area contributed by atoms with Crippen LogP contribution in [0.3, 0.4) is 0 Å². The minimum Gasteiger partial charge on any atom is -0.419 e. The lowest BCUT2D eigenvalue weighted by Crippen LogP contribution is -2.44. The number of hydrogen-bond acceptors (Lipinski definition) is 6. The lowest BCUT2D eigenvalue weighted by Gasteiger charge is -2.35. The van der Waals surface area contributed by atoms with Crippen LogP contribution in [-0.4, -0.2) is 55.9 Å². The molecule has 2 heterocycles. The fourth-order valence-electron chi connectivity index (χ4n) is 2.89. The third-order valence-electron chi connectivity index (χ3n) is 4.25. The molecule has 3 rings (SSSR count). The third-order valence-corrected chi connectivity index (χ3v) is 4.75. The van der Waals surface area contributed by atoms with Crippen molar-refractivity contribution in [3.05, 3.63) is 33.8 Å². The summed E-state index contributed by atoms with van der Waals surface area (Å²) in [5.41, 5.74) is 1.67. The number of cyclic esters (lactones) is 2. The van der Waals surface area contributed by atoms with Crippen LogP contribution in [0.25, 0.3) is 6.08 Å². The van der Waals surface area contributed by atoms with Gasteiger partial charge in [-0.15, -0.1) is 0 Å². The number of piperazine rings is 1. The number of anilines is 1. The normalized spacial score (nSPS) is 21.0. The molecule has 1 aromatic rings. The van der Waals surface area contributed by atoms with Gasteiger partial charge in [0.05, 0.1) is 0 Å². The molecule has 25 heavy (non-hydrogen) atoms. The van der Waals surface area contributed by atoms with Crippen LogP contribution in [0.5, 0.6) is 0 Å². The molecular formula is C18H21BrN2O4. The van der Waals surface area contributed by atoms with Crippen LogP contribution >= 0.6 is 15.9 Å². The number of rotatable bonds is 2. The summed E-state index contributed by atoms with van der Waals surface area (Å²) in [6, 6.07) is 5.77. The Hall–Kier alpha value is -1.86. The van der Waals surface area contributed by atoms with Gasteiger partial charge in [0.2, 0.25) is 0 Å². The average Bonchev–Trinajstić information content (AvgIpc) is 2.52. The van der Waals surface area contributed by atoms with E-state index < -0.39 is 17.7 Å². The van der Waals surface area contributed by atoms with Crippen LogP contribution in [0.2, 0.25) is 0 Å². The fraction of sp³-hybridized carbons (Fsp3) is 0.444. The molecule has 0 bridgehead atoms. The third kappa shape index (κ3) is 4.04. The van der Waals surface area contributed by atoms with Crippen molar-refractivity contribution in [2.75, 3.05) is 38.1 Å². The van der Waals surface area contributed by atoms with E-state index in [-0.39, 0.29) is 5.57 Å². The van der Waals surface area contributed by atoms with Crippen molar-refractivity contribution in [2.24, 2.45) is 0 Å². The van der Waals surface area contributed by atoms with Gasteiger partial charge < -0.3 is 19.3 Å². The van der Waals surface area contributed by atoms with Gasteiger partial charge in [-0.05, 0) is 30.8 Å². The van der Waals surface area contributed by atoms with Gasteiger partial charge in [-0.2, -0.15) is 0 Å². The number of hydrogen-bond donors (Lipinski definition) is 0. The van der Waals surface area contributed by atoms with Gasteiger partial charge in [0.15, 0.2) is 0 Å². The van der Waals surface area contributed by atoms with Crippen molar-refractivity contribution in [3.8, 4) is 0 Å². The Kier molecular flexibility index (Phi) is 4.88. The summed E-state index contributed by atoms with van der Waals surface area (Å²) in [6.45, 7) is 6.75. The highest BCUT2D eigenvalue weighted by Gasteiger charge is 2.39. The maximum absolute atomic E-state index is 12.2. The minimum atomic E-state index is -1.23. The molecule has 1 aromatic carbocycles. The van der Waals surface area contributed by atoms with E-state index in [1.807, 2.05) is 18.2 Å². The second-order valence-corrected chi connectivity index (χ2v) is 7.65. The van der Waals surface area contributed by atoms with Gasteiger partial charge in [-0.1, -0.05) is 22.0 Å². The average molecular weight is 409 g/mol. The smallest absolute Gasteiger partial charge is 0.348 e. The first-order valence-corrected chi connectivity index (χ1v) is 8.96. The Balaban J connectivity index is 1.95. The summed E-state index contributed by atoms with van der Waals surface area (Å²) in [4.78, 5) is 28.9. The van der Waals surface area contributed by atoms with Crippen molar-refractivity contribution in [1.82, 2.24) is 4.90 Å². The molecule has 6 nitrogen and oxygen atoms in total. The first-order chi connectivity index (χ1) is 11.7. The number of benzene rings is 1. The van der Waals surface area contributed by atoms with Crippen LogP contribution < -0.4 is 4.90 Å². The maximum Gasteiger partial charge on any atom is 0.348 e. The predicted molar refractivity (Wildman–Crippen MR) is 98.1 cm³/mol. The second-order valence-electron chi connectivity index (χ2n) is 6.73. The Labute approximate surface area is 155 Å². The van der Waals surface area contributed by atoms with Gasteiger partial charge in [0, 0.05) is 50.2 Å². The highest BCUT2D eigenvalue weighted by molar-refractivity contribution is 9.10. The van der Waals surface area contributed by atoms with Gasteiger partial charge in [0.25, 0.3) is 5.79 Å². The number of halogens is 1. The van der Waals surface area contributed by atoms with Gasteiger partial charge in [-0.3, -0.25) is 0 Å². The van der Waals surface area contributed by atoms with Gasteiger partial charge >= 0.3 is 11.9 Å². The number of carbonyl (C=O) groups is 2. The largest absolute Gasteiger partial charge is 0.419 e. The Morgan fingerprint density at radius 1 is 1.08 bits per heavy atom. The first kappa shape index (κ1) is 17.9. The molecule has 2 aliphatic heterocycles. The zero-order chi connectivity index (χ0) is 18.2. The zero-order valence-electron chi connectivity index (χ0n) is 14.5. The van der Waals surface area contributed by atoms with Crippen LogP contribution in [0.1, 0.15) is 19.4 Å². The van der Waals surface area contributed by atoms with Crippen LogP contribution in [0, 0.1) is 0 Å². The van der Waals surface area contributed by atoms with Crippen molar-refractivity contribution in [1.29, 1.82) is 0 Å². The van der Waals surface area contributed by atoms with E-state index in [2.05, 4.69) is 32.8 Å². The molecule has 2 aliphatic rings. The fourth-order valence-corrected chi connectivity index (χ4v) is 3.24. The molecule has 7 heteroatoms. The lowest BCUT2D eigenvalue weighted by molar-refractivity contribution is -0.222. The van der Waals surface area contributed by atoms with E-state index in [0.29, 0.717) is 0 Å². The van der Waals surface area contributed by atoms with Crippen LogP contribution in [0.15, 0.2) is 28.2 Å². The number of carbonyl (C=O) groups excluding carboxylic acids is 2. The highest BCUT2D eigenvalue weighted by atomic mass is 79.9. The van der Waals surface area contributed by atoms with Crippen molar-refractivity contribution in [2.45, 2.75) is 19.6 Å². The molecule has 0 aromatic heterocycles. The SMILES string of the molecule is CN1CCN(c2cc(Br)ccc2C=C2C(=O)OC(C)(C)OC2=O)CC1. The van der Waals surface area contributed by atoms with Crippen molar-refractivity contribution < 1.29 is 19.1 Å². The maximum atomic E-state index is 12.2. The summed E-state index contributed by atoms with van der Waals surface area (Å²) < 4.78 is 11.3. The van der Waals surface area contributed by atoms with E-state index in [1.165, 1.54) is 13.8 Å². The summed E-state index contributed by atoms with van der Waals surface area (Å²) in [6.07, 6.45) is 1.56. The zero-order valence-corrected chi connectivity index (χ0v) is 16.1. The quantitative estimate of drug-likeness (QED) is 0.425. The van der Waals surface area contributed by atoms with Crippen LogP contribution in [-0.2, 0) is 19.1 Å². The molecule has 134 valence electrons. The second kappa shape index (κ2) is 6.80. The molecule has 0 N–H and O–H groups in total. The molecular weight excluding hydrogens is 388 g/mol.